The first kappa shape index (κ1) is 30.2. The number of amides is 2. The molecule has 0 aromatic heterocycles. The first-order valence-corrected chi connectivity index (χ1v) is 15.6. The molecule has 0 aliphatic carbocycles. The molecule has 5 aliphatic rings. The lowest BCUT2D eigenvalue weighted by molar-refractivity contribution is -0.134. The van der Waals surface area contributed by atoms with Gasteiger partial charge in [-0.05, 0) is 44.4 Å². The van der Waals surface area contributed by atoms with E-state index in [9.17, 15) is 23.6 Å². The smallest absolute Gasteiger partial charge is 0.254 e. The number of halogens is 3. The maximum absolute atomic E-state index is 13.6. The van der Waals surface area contributed by atoms with Gasteiger partial charge in [0.1, 0.15) is 5.50 Å². The average Bonchev–Trinajstić information content (AvgIpc) is 3.51. The first-order valence-electron chi connectivity index (χ1n) is 14.3. The number of nitriles is 1. The zero-order chi connectivity index (χ0) is 28.6. The minimum absolute atomic E-state index is 0.000176. The fourth-order valence-electron chi connectivity index (χ4n) is 7.21. The number of likely N-dealkylation sites (tertiary alicyclic amines) is 1. The highest BCUT2D eigenvalue weighted by molar-refractivity contribution is 8.00. The maximum Gasteiger partial charge on any atom is 0.254 e. The standard InChI is InChI=1S/C26H40ClF2N7O3S/c1-12-5-14(15-6-21(27)32-9-19(15)39-2)16(8-31-12)24(37)35-26-34-18-10-36(11-20(18)40-26)25(38)17-4-3-13(7-30)22(33-17)23(28)29/h12-23,26,31-34H,3-6,8-11H2,1-2H3,(H,35,37). The number of rotatable bonds is 6. The van der Waals surface area contributed by atoms with Crippen LogP contribution in [0.15, 0.2) is 0 Å². The first-order chi connectivity index (χ1) is 19.2. The van der Waals surface area contributed by atoms with Crippen LogP contribution in [0.4, 0.5) is 8.78 Å². The lowest BCUT2D eigenvalue weighted by atomic mass is 9.70. The number of piperidine rings is 3. The van der Waals surface area contributed by atoms with Gasteiger partial charge in [-0.25, -0.2) is 8.78 Å². The molecule has 0 saturated carbocycles. The van der Waals surface area contributed by atoms with E-state index in [1.54, 1.807) is 23.8 Å². The van der Waals surface area contributed by atoms with Crippen LogP contribution in [0.2, 0.25) is 0 Å². The van der Waals surface area contributed by atoms with Gasteiger partial charge in [0.05, 0.1) is 41.6 Å². The molecule has 2 amide bonds. The molecule has 10 nitrogen and oxygen atoms in total. The van der Waals surface area contributed by atoms with Crippen molar-refractivity contribution in [2.75, 3.05) is 33.3 Å². The van der Waals surface area contributed by atoms with E-state index >= 15 is 0 Å². The number of hydrogen-bond donors (Lipinski definition) is 5. The molecule has 0 aromatic carbocycles. The predicted octanol–water partition coefficient (Wildman–Crippen LogP) is 0.631. The van der Waals surface area contributed by atoms with Crippen LogP contribution in [-0.2, 0) is 14.3 Å². The second-order valence-corrected chi connectivity index (χ2v) is 13.7. The van der Waals surface area contributed by atoms with Gasteiger partial charge >= 0.3 is 0 Å². The summed E-state index contributed by atoms with van der Waals surface area (Å²) in [5.74, 6) is -0.880. The van der Waals surface area contributed by atoms with Crippen LogP contribution >= 0.6 is 23.4 Å². The van der Waals surface area contributed by atoms with Crippen molar-refractivity contribution in [3.05, 3.63) is 0 Å². The van der Waals surface area contributed by atoms with Gasteiger partial charge in [0, 0.05) is 50.6 Å². The van der Waals surface area contributed by atoms with E-state index in [0.717, 1.165) is 12.8 Å². The van der Waals surface area contributed by atoms with Gasteiger partial charge in [0.25, 0.3) is 6.43 Å². The highest BCUT2D eigenvalue weighted by Gasteiger charge is 2.48. The van der Waals surface area contributed by atoms with Crippen LogP contribution in [0.3, 0.4) is 0 Å². The number of alkyl halides is 3. The van der Waals surface area contributed by atoms with E-state index in [0.29, 0.717) is 38.6 Å². The second-order valence-electron chi connectivity index (χ2n) is 11.8. The van der Waals surface area contributed by atoms with Crippen molar-refractivity contribution >= 4 is 35.2 Å². The molecule has 5 rings (SSSR count). The molecule has 5 saturated heterocycles. The summed E-state index contributed by atoms with van der Waals surface area (Å²) in [7, 11) is 1.71. The van der Waals surface area contributed by atoms with Crippen LogP contribution in [-0.4, -0.2) is 103 Å². The summed E-state index contributed by atoms with van der Waals surface area (Å²) < 4.78 is 32.7. The topological polar surface area (TPSA) is 131 Å². The predicted molar refractivity (Wildman–Crippen MR) is 147 cm³/mol. The molecule has 5 heterocycles. The normalized spacial score (nSPS) is 43.8. The Morgan fingerprint density at radius 3 is 2.65 bits per heavy atom. The molecule has 5 aliphatic heterocycles. The summed E-state index contributed by atoms with van der Waals surface area (Å²) in [4.78, 5) is 28.4. The maximum atomic E-state index is 13.6. The SMILES string of the molecule is COC1CNC(Cl)CC1C1CC(C)NCC1C(=O)NC1NC2CN(C(=O)C3CCC(C#N)C(C(F)F)N3)CC2S1. The van der Waals surface area contributed by atoms with E-state index in [1.165, 1.54) is 0 Å². The van der Waals surface area contributed by atoms with Crippen molar-refractivity contribution in [2.45, 2.75) is 85.6 Å². The van der Waals surface area contributed by atoms with Crippen LogP contribution in [0.5, 0.6) is 0 Å². The fourth-order valence-corrected chi connectivity index (χ4v) is 8.91. The van der Waals surface area contributed by atoms with Crippen LogP contribution in [0.25, 0.3) is 0 Å². The molecule has 40 heavy (non-hydrogen) atoms. The third-order valence-corrected chi connectivity index (χ3v) is 11.1. The fraction of sp³-hybridized carbons (Fsp3) is 0.885. The number of carbonyl (C=O) groups excluding carboxylic acids is 2. The number of thioether (sulfide) groups is 1. The molecule has 0 radical (unpaired) electrons. The van der Waals surface area contributed by atoms with Crippen molar-refractivity contribution in [2.24, 2.45) is 23.7 Å². The molecule has 5 fully saturated rings. The van der Waals surface area contributed by atoms with Crippen molar-refractivity contribution in [1.29, 1.82) is 5.26 Å². The third-order valence-electron chi connectivity index (χ3n) is 9.37. The van der Waals surface area contributed by atoms with Crippen molar-refractivity contribution in [3.63, 3.8) is 0 Å². The lowest BCUT2D eigenvalue weighted by Gasteiger charge is -2.45. The van der Waals surface area contributed by atoms with Gasteiger partial charge in [-0.3, -0.25) is 25.5 Å². The van der Waals surface area contributed by atoms with Crippen molar-refractivity contribution < 1.29 is 23.1 Å². The monoisotopic (exact) mass is 603 g/mol. The Balaban J connectivity index is 1.15. The van der Waals surface area contributed by atoms with E-state index in [2.05, 4.69) is 33.5 Å². The summed E-state index contributed by atoms with van der Waals surface area (Å²) in [6.07, 6.45) is -0.434. The third kappa shape index (κ3) is 6.38. The van der Waals surface area contributed by atoms with Crippen molar-refractivity contribution in [3.8, 4) is 6.07 Å². The molecular weight excluding hydrogens is 564 g/mol. The molecule has 224 valence electrons. The highest BCUT2D eigenvalue weighted by atomic mass is 35.5. The van der Waals surface area contributed by atoms with Gasteiger partial charge < -0.3 is 20.3 Å². The van der Waals surface area contributed by atoms with Crippen molar-refractivity contribution in [1.82, 2.24) is 31.5 Å². The lowest BCUT2D eigenvalue weighted by Crippen LogP contribution is -2.58. The summed E-state index contributed by atoms with van der Waals surface area (Å²) in [6.45, 7) is 4.34. The van der Waals surface area contributed by atoms with Gasteiger partial charge in [-0.15, -0.1) is 23.4 Å². The molecule has 0 aromatic rings. The van der Waals surface area contributed by atoms with Crippen LogP contribution < -0.4 is 26.6 Å². The molecule has 5 N–H and O–H groups in total. The molecule has 12 atom stereocenters. The van der Waals surface area contributed by atoms with E-state index in [-0.39, 0.29) is 64.4 Å². The summed E-state index contributed by atoms with van der Waals surface area (Å²) in [5.41, 5.74) is -0.403. The summed E-state index contributed by atoms with van der Waals surface area (Å²) >= 11 is 8.05. The van der Waals surface area contributed by atoms with Gasteiger partial charge in [-0.2, -0.15) is 5.26 Å². The van der Waals surface area contributed by atoms with E-state index in [1.807, 2.05) is 6.07 Å². The molecule has 12 unspecified atom stereocenters. The zero-order valence-electron chi connectivity index (χ0n) is 22.8. The molecule has 14 heteroatoms. The molecule has 0 bridgehead atoms. The number of nitrogens with one attached hydrogen (secondary N) is 5. The second kappa shape index (κ2) is 12.9. The largest absolute Gasteiger partial charge is 0.380 e. The minimum atomic E-state index is -2.70. The van der Waals surface area contributed by atoms with E-state index < -0.39 is 24.4 Å². The number of nitrogens with zero attached hydrogens (tertiary/aromatic N) is 2. The Labute approximate surface area is 243 Å². The number of fused-ring (bicyclic) bond motifs is 1. The van der Waals surface area contributed by atoms with Crippen LogP contribution in [0.1, 0.15) is 32.6 Å². The average molecular weight is 604 g/mol. The van der Waals surface area contributed by atoms with Gasteiger partial charge in [-0.1, -0.05) is 0 Å². The Morgan fingerprint density at radius 1 is 1.15 bits per heavy atom. The quantitative estimate of drug-likeness (QED) is 0.219. The summed E-state index contributed by atoms with van der Waals surface area (Å²) in [5, 5.41) is 25.4. The number of carbonyl (C=O) groups is 2. The Hall–Kier alpha value is -1.27. The number of methoxy groups -OCH3 is 1. The highest BCUT2D eigenvalue weighted by Crippen LogP contribution is 2.39. The Kier molecular flexibility index (Phi) is 9.77. The Bertz CT molecular complexity index is 965. The van der Waals surface area contributed by atoms with Gasteiger partial charge in [0.2, 0.25) is 11.8 Å². The van der Waals surface area contributed by atoms with Crippen LogP contribution in [0, 0.1) is 35.0 Å². The molecular formula is C26H40ClF2N7O3S. The zero-order valence-corrected chi connectivity index (χ0v) is 24.4. The Morgan fingerprint density at radius 2 is 1.95 bits per heavy atom. The van der Waals surface area contributed by atoms with E-state index in [4.69, 9.17) is 16.3 Å². The minimum Gasteiger partial charge on any atom is -0.380 e. The number of hydrogen-bond acceptors (Lipinski definition) is 9. The number of ether oxygens (including phenoxy) is 1. The molecule has 0 spiro atoms. The van der Waals surface area contributed by atoms with Gasteiger partial charge in [0.15, 0.2) is 0 Å². The summed E-state index contributed by atoms with van der Waals surface area (Å²) in [6, 6.07) is 0.242.